The molecule has 1 fully saturated rings. The Labute approximate surface area is 73.6 Å². The first-order valence-electron chi connectivity index (χ1n) is 4.32. The Morgan fingerprint density at radius 2 is 2.33 bits per heavy atom. The van der Waals surface area contributed by atoms with E-state index in [-0.39, 0.29) is 5.60 Å². The summed E-state index contributed by atoms with van der Waals surface area (Å²) < 4.78 is 5.56. The molecule has 0 aromatic carbocycles. The quantitative estimate of drug-likeness (QED) is 0.611. The summed E-state index contributed by atoms with van der Waals surface area (Å²) in [6.45, 7) is 8.42. The van der Waals surface area contributed by atoms with Gasteiger partial charge in [-0.2, -0.15) is 0 Å². The Bertz CT molecular complexity index is 139. The van der Waals surface area contributed by atoms with Crippen molar-refractivity contribution in [3.05, 3.63) is 0 Å². The molecule has 12 heavy (non-hydrogen) atoms. The van der Waals surface area contributed by atoms with Crippen LogP contribution in [0, 0.1) is 0 Å². The summed E-state index contributed by atoms with van der Waals surface area (Å²) >= 11 is 0. The Kier molecular flexibility index (Phi) is 3.46. The zero-order valence-electron chi connectivity index (χ0n) is 7.88. The maximum atomic E-state index is 5.56. The molecule has 0 spiro atoms. The summed E-state index contributed by atoms with van der Waals surface area (Å²) in [5.41, 5.74) is -0.0210. The summed E-state index contributed by atoms with van der Waals surface area (Å²) in [6, 6.07) is 0. The molecular weight excluding hydrogens is 156 g/mol. The number of nitrogens with two attached hydrogens (primary N) is 1. The molecular formula is C8H18N2O2. The highest BCUT2D eigenvalue weighted by Crippen LogP contribution is 2.15. The number of rotatable bonds is 3. The fourth-order valence-electron chi connectivity index (χ4n) is 1.49. The molecule has 1 rings (SSSR count). The van der Waals surface area contributed by atoms with Gasteiger partial charge in [-0.05, 0) is 13.8 Å². The predicted molar refractivity (Wildman–Crippen MR) is 46.6 cm³/mol. The van der Waals surface area contributed by atoms with Crippen LogP contribution in [0.2, 0.25) is 0 Å². The van der Waals surface area contributed by atoms with Crippen molar-refractivity contribution in [1.29, 1.82) is 0 Å². The van der Waals surface area contributed by atoms with E-state index in [9.17, 15) is 0 Å². The third-order valence-corrected chi connectivity index (χ3v) is 2.03. The lowest BCUT2D eigenvalue weighted by molar-refractivity contribution is -0.0901. The maximum Gasteiger partial charge on any atom is 0.0806 e. The molecule has 0 amide bonds. The second-order valence-corrected chi connectivity index (χ2v) is 3.76. The zero-order valence-corrected chi connectivity index (χ0v) is 7.88. The van der Waals surface area contributed by atoms with Crippen molar-refractivity contribution in [2.24, 2.45) is 5.90 Å². The largest absolute Gasteiger partial charge is 0.373 e. The second-order valence-electron chi connectivity index (χ2n) is 3.76. The van der Waals surface area contributed by atoms with Gasteiger partial charge < -0.3 is 9.57 Å². The van der Waals surface area contributed by atoms with Crippen LogP contribution in [-0.4, -0.2) is 43.3 Å². The van der Waals surface area contributed by atoms with Crippen LogP contribution in [0.15, 0.2) is 0 Å². The second kappa shape index (κ2) is 4.18. The van der Waals surface area contributed by atoms with Crippen LogP contribution in [0.1, 0.15) is 13.8 Å². The fourth-order valence-corrected chi connectivity index (χ4v) is 1.49. The molecule has 0 bridgehead atoms. The van der Waals surface area contributed by atoms with Gasteiger partial charge in [0.25, 0.3) is 0 Å². The molecule has 4 heteroatoms. The van der Waals surface area contributed by atoms with E-state index in [1.54, 1.807) is 0 Å². The summed E-state index contributed by atoms with van der Waals surface area (Å²) in [5, 5.41) is 0. The average molecular weight is 174 g/mol. The Hall–Kier alpha value is -0.160. The summed E-state index contributed by atoms with van der Waals surface area (Å²) in [5.74, 6) is 4.96. The molecule has 0 saturated carbocycles. The number of hydrogen-bond donors (Lipinski definition) is 1. The van der Waals surface area contributed by atoms with Gasteiger partial charge in [0.05, 0.1) is 18.8 Å². The number of hydrogen-bond acceptors (Lipinski definition) is 4. The molecule has 0 aromatic rings. The Balaban J connectivity index is 2.26. The van der Waals surface area contributed by atoms with Crippen LogP contribution in [0.4, 0.5) is 0 Å². The van der Waals surface area contributed by atoms with E-state index < -0.39 is 0 Å². The first kappa shape index (κ1) is 9.92. The molecule has 0 aromatic heterocycles. The van der Waals surface area contributed by atoms with Crippen LogP contribution >= 0.6 is 0 Å². The predicted octanol–water partition coefficient (Wildman–Crippen LogP) is -0.0125. The highest BCUT2D eigenvalue weighted by molar-refractivity contribution is 4.78. The molecule has 0 radical (unpaired) electrons. The molecule has 0 unspecified atom stereocenters. The third kappa shape index (κ3) is 3.06. The first-order chi connectivity index (χ1) is 5.64. The lowest BCUT2D eigenvalue weighted by Crippen LogP contribution is -2.49. The summed E-state index contributed by atoms with van der Waals surface area (Å²) in [7, 11) is 0. The average Bonchev–Trinajstić information content (AvgIpc) is 1.99. The van der Waals surface area contributed by atoms with Gasteiger partial charge >= 0.3 is 0 Å². The minimum atomic E-state index is -0.0210. The molecule has 0 aliphatic carbocycles. The highest BCUT2D eigenvalue weighted by Gasteiger charge is 2.26. The molecule has 1 heterocycles. The Morgan fingerprint density at radius 1 is 1.58 bits per heavy atom. The van der Waals surface area contributed by atoms with Crippen LogP contribution < -0.4 is 5.90 Å². The molecule has 4 nitrogen and oxygen atoms in total. The lowest BCUT2D eigenvalue weighted by Gasteiger charge is -2.37. The maximum absolute atomic E-state index is 5.56. The highest BCUT2D eigenvalue weighted by atomic mass is 16.6. The van der Waals surface area contributed by atoms with Crippen molar-refractivity contribution in [3.63, 3.8) is 0 Å². The van der Waals surface area contributed by atoms with E-state index in [0.717, 1.165) is 26.2 Å². The lowest BCUT2D eigenvalue weighted by atomic mass is 10.1. The van der Waals surface area contributed by atoms with Gasteiger partial charge in [0, 0.05) is 19.6 Å². The van der Waals surface area contributed by atoms with Gasteiger partial charge in [0.1, 0.15) is 0 Å². The molecule has 1 aliphatic heterocycles. The van der Waals surface area contributed by atoms with E-state index >= 15 is 0 Å². The van der Waals surface area contributed by atoms with Crippen LogP contribution in [0.5, 0.6) is 0 Å². The van der Waals surface area contributed by atoms with E-state index in [2.05, 4.69) is 23.6 Å². The van der Waals surface area contributed by atoms with Gasteiger partial charge in [-0.1, -0.05) is 0 Å². The van der Waals surface area contributed by atoms with Crippen molar-refractivity contribution < 1.29 is 9.57 Å². The van der Waals surface area contributed by atoms with Gasteiger partial charge in [0.2, 0.25) is 0 Å². The van der Waals surface area contributed by atoms with Gasteiger partial charge in [-0.3, -0.25) is 4.90 Å². The first-order valence-corrected chi connectivity index (χ1v) is 4.32. The van der Waals surface area contributed by atoms with E-state index in [1.165, 1.54) is 0 Å². The van der Waals surface area contributed by atoms with Crippen molar-refractivity contribution in [3.8, 4) is 0 Å². The monoisotopic (exact) mass is 174 g/mol. The van der Waals surface area contributed by atoms with Crippen LogP contribution in [0.3, 0.4) is 0 Å². The number of nitrogens with zero attached hydrogens (tertiary/aromatic N) is 1. The molecule has 72 valence electrons. The van der Waals surface area contributed by atoms with Crippen LogP contribution in [0.25, 0.3) is 0 Å². The number of morpholine rings is 1. The zero-order chi connectivity index (χ0) is 9.03. The molecule has 2 N–H and O–H groups in total. The normalized spacial score (nSPS) is 24.2. The van der Waals surface area contributed by atoms with E-state index in [1.807, 2.05) is 0 Å². The van der Waals surface area contributed by atoms with Crippen molar-refractivity contribution in [1.82, 2.24) is 4.90 Å². The molecule has 0 atom stereocenters. The minimum absolute atomic E-state index is 0.0210. The smallest absolute Gasteiger partial charge is 0.0806 e. The van der Waals surface area contributed by atoms with Crippen molar-refractivity contribution >= 4 is 0 Å². The Morgan fingerprint density at radius 3 is 2.92 bits per heavy atom. The molecule has 1 aliphatic rings. The van der Waals surface area contributed by atoms with Crippen molar-refractivity contribution in [2.45, 2.75) is 19.4 Å². The topological polar surface area (TPSA) is 47.7 Å². The number of ether oxygens (including phenoxy) is 1. The van der Waals surface area contributed by atoms with Crippen molar-refractivity contribution in [2.75, 3.05) is 32.8 Å². The minimum Gasteiger partial charge on any atom is -0.373 e. The van der Waals surface area contributed by atoms with Crippen LogP contribution in [-0.2, 0) is 9.57 Å². The summed E-state index contributed by atoms with van der Waals surface area (Å²) in [4.78, 5) is 6.83. The van der Waals surface area contributed by atoms with E-state index in [4.69, 9.17) is 10.6 Å². The van der Waals surface area contributed by atoms with Gasteiger partial charge in [0.15, 0.2) is 0 Å². The SMILES string of the molecule is CC1(C)CN(CCON)CCO1. The standard InChI is InChI=1S/C8H18N2O2/c1-8(2)7-10(3-5-11-8)4-6-12-9/h3-7,9H2,1-2H3. The third-order valence-electron chi connectivity index (χ3n) is 2.03. The summed E-state index contributed by atoms with van der Waals surface area (Å²) in [6.07, 6.45) is 0. The van der Waals surface area contributed by atoms with Gasteiger partial charge in [-0.25, -0.2) is 5.90 Å². The molecule has 1 saturated heterocycles. The van der Waals surface area contributed by atoms with E-state index in [0.29, 0.717) is 6.61 Å². The van der Waals surface area contributed by atoms with Gasteiger partial charge in [-0.15, -0.1) is 0 Å². The fraction of sp³-hybridized carbons (Fsp3) is 1.00.